The lowest BCUT2D eigenvalue weighted by molar-refractivity contribution is -0.233. The van der Waals surface area contributed by atoms with E-state index in [9.17, 15) is 22.8 Å². The normalized spacial score (nSPS) is 19.0. The van der Waals surface area contributed by atoms with Crippen LogP contribution in [0.5, 0.6) is 0 Å². The Hall–Kier alpha value is -1.83. The summed E-state index contributed by atoms with van der Waals surface area (Å²) in [5, 5.41) is 0. The van der Waals surface area contributed by atoms with Crippen LogP contribution in [-0.2, 0) is 11.3 Å². The third-order valence-corrected chi connectivity index (χ3v) is 3.95. The van der Waals surface area contributed by atoms with Crippen LogP contribution in [0.3, 0.4) is 0 Å². The second-order valence-electron chi connectivity index (χ2n) is 5.55. The molecule has 0 saturated carbocycles. The van der Waals surface area contributed by atoms with Gasteiger partial charge in [0.05, 0.1) is 13.2 Å². The number of hydrogen-bond donors (Lipinski definition) is 0. The van der Waals surface area contributed by atoms with Crippen LogP contribution >= 0.6 is 0 Å². The first kappa shape index (κ1) is 17.5. The second kappa shape index (κ2) is 6.35. The Morgan fingerprint density at radius 1 is 1.39 bits per heavy atom. The molecule has 128 valence electrons. The summed E-state index contributed by atoms with van der Waals surface area (Å²) in [6.07, 6.45) is -6.55. The van der Waals surface area contributed by atoms with E-state index in [0.717, 1.165) is 4.90 Å². The van der Waals surface area contributed by atoms with E-state index >= 15 is 0 Å². The molecule has 0 N–H and O–H groups in total. The maximum atomic E-state index is 12.8. The largest absolute Gasteiger partial charge is 0.416 e. The van der Waals surface area contributed by atoms with E-state index in [0.29, 0.717) is 17.8 Å². The van der Waals surface area contributed by atoms with Crippen molar-refractivity contribution in [2.45, 2.75) is 39.6 Å². The average Bonchev–Trinajstić information content (AvgIpc) is 2.46. The molecule has 2 heterocycles. The number of carbonyl (C=O) groups is 1. The minimum absolute atomic E-state index is 0.0320. The van der Waals surface area contributed by atoms with Gasteiger partial charge < -0.3 is 14.2 Å². The molecule has 1 atom stereocenters. The fraction of sp³-hybridized carbons (Fsp3) is 0.600. The van der Waals surface area contributed by atoms with Crippen LogP contribution in [0, 0.1) is 13.8 Å². The lowest BCUT2D eigenvalue weighted by Gasteiger charge is -2.34. The highest BCUT2D eigenvalue weighted by Crippen LogP contribution is 2.26. The number of aromatic nitrogens is 1. The molecular weight excluding hydrogens is 313 g/mol. The molecule has 1 aromatic rings. The number of carbonyl (C=O) groups excluding carboxylic acids is 1. The van der Waals surface area contributed by atoms with Gasteiger partial charge in [-0.05, 0) is 32.4 Å². The highest BCUT2D eigenvalue weighted by molar-refractivity contribution is 5.95. The van der Waals surface area contributed by atoms with Crippen LogP contribution in [0.1, 0.15) is 28.5 Å². The average molecular weight is 332 g/mol. The molecule has 1 aliphatic heterocycles. The van der Waals surface area contributed by atoms with Crippen LogP contribution in [0.2, 0.25) is 0 Å². The summed E-state index contributed by atoms with van der Waals surface area (Å²) in [4.78, 5) is 26.1. The summed E-state index contributed by atoms with van der Waals surface area (Å²) in [5.41, 5.74) is 0.643. The molecule has 0 aromatic carbocycles. The molecule has 23 heavy (non-hydrogen) atoms. The number of nitrogens with zero attached hydrogens (tertiary/aromatic N) is 2. The quantitative estimate of drug-likeness (QED) is 0.831. The van der Waals surface area contributed by atoms with Crippen LogP contribution in [0.15, 0.2) is 10.9 Å². The maximum Gasteiger partial charge on any atom is 0.416 e. The molecule has 0 radical (unpaired) electrons. The summed E-state index contributed by atoms with van der Waals surface area (Å²) < 4.78 is 44.5. The van der Waals surface area contributed by atoms with Crippen LogP contribution in [0.25, 0.3) is 0 Å². The molecule has 8 heteroatoms. The molecule has 1 aromatic heterocycles. The Balaban J connectivity index is 2.36. The number of alkyl halides is 3. The van der Waals surface area contributed by atoms with E-state index in [1.807, 2.05) is 0 Å². The first-order valence-electron chi connectivity index (χ1n) is 7.35. The molecule has 0 bridgehead atoms. The number of pyridine rings is 1. The minimum atomic E-state index is -4.54. The van der Waals surface area contributed by atoms with E-state index in [2.05, 4.69) is 4.74 Å². The first-order valence-corrected chi connectivity index (χ1v) is 7.35. The molecule has 2 rings (SSSR count). The predicted molar refractivity (Wildman–Crippen MR) is 77.5 cm³/mol. The standard InChI is InChI=1S/C15H19F3N2O3/c1-4-20-10(3)7-9(2)12(14(20)22)13(21)19-5-6-23-11(8-19)15(16,17)18/h7,11H,4-6,8H2,1-3H3/t11-/m1/s1. The van der Waals surface area contributed by atoms with Gasteiger partial charge in [0.2, 0.25) is 0 Å². The van der Waals surface area contributed by atoms with Gasteiger partial charge in [0.25, 0.3) is 11.5 Å². The molecule has 0 aliphatic carbocycles. The fourth-order valence-corrected chi connectivity index (χ4v) is 2.77. The molecule has 1 amide bonds. The van der Waals surface area contributed by atoms with E-state index in [4.69, 9.17) is 0 Å². The third kappa shape index (κ3) is 3.41. The Labute approximate surface area is 131 Å². The Morgan fingerprint density at radius 3 is 2.61 bits per heavy atom. The zero-order valence-corrected chi connectivity index (χ0v) is 13.2. The summed E-state index contributed by atoms with van der Waals surface area (Å²) >= 11 is 0. The zero-order valence-electron chi connectivity index (χ0n) is 13.2. The topological polar surface area (TPSA) is 51.5 Å². The number of halogens is 3. The van der Waals surface area contributed by atoms with Gasteiger partial charge in [0.15, 0.2) is 6.10 Å². The van der Waals surface area contributed by atoms with Crippen molar-refractivity contribution in [2.24, 2.45) is 0 Å². The number of rotatable bonds is 2. The van der Waals surface area contributed by atoms with Crippen LogP contribution in [0.4, 0.5) is 13.2 Å². The molecule has 0 spiro atoms. The van der Waals surface area contributed by atoms with Crippen LogP contribution in [-0.4, -0.2) is 47.4 Å². The highest BCUT2D eigenvalue weighted by Gasteiger charge is 2.44. The highest BCUT2D eigenvalue weighted by atomic mass is 19.4. The molecule has 1 fully saturated rings. The zero-order chi connectivity index (χ0) is 17.4. The fourth-order valence-electron chi connectivity index (χ4n) is 2.77. The maximum absolute atomic E-state index is 12.8. The van der Waals surface area contributed by atoms with E-state index in [1.165, 1.54) is 4.57 Å². The van der Waals surface area contributed by atoms with Gasteiger partial charge in [0, 0.05) is 18.8 Å². The second-order valence-corrected chi connectivity index (χ2v) is 5.55. The van der Waals surface area contributed by atoms with Crippen molar-refractivity contribution < 1.29 is 22.7 Å². The predicted octanol–water partition coefficient (Wildman–Crippen LogP) is 1.89. The van der Waals surface area contributed by atoms with Crippen molar-refractivity contribution in [3.8, 4) is 0 Å². The van der Waals surface area contributed by atoms with Gasteiger partial charge in [-0.1, -0.05) is 0 Å². The number of hydrogen-bond acceptors (Lipinski definition) is 3. The summed E-state index contributed by atoms with van der Waals surface area (Å²) in [6, 6.07) is 1.69. The number of aryl methyl sites for hydroxylation is 2. The minimum Gasteiger partial charge on any atom is -0.365 e. The summed E-state index contributed by atoms with van der Waals surface area (Å²) in [6.45, 7) is 4.75. The molecule has 5 nitrogen and oxygen atoms in total. The molecule has 1 saturated heterocycles. The van der Waals surface area contributed by atoms with Crippen molar-refractivity contribution in [3.05, 3.63) is 33.2 Å². The van der Waals surface area contributed by atoms with Crippen molar-refractivity contribution in [3.63, 3.8) is 0 Å². The van der Waals surface area contributed by atoms with Crippen LogP contribution < -0.4 is 5.56 Å². The summed E-state index contributed by atoms with van der Waals surface area (Å²) in [7, 11) is 0. The van der Waals surface area contributed by atoms with Gasteiger partial charge in [-0.2, -0.15) is 13.2 Å². The SMILES string of the molecule is CCn1c(C)cc(C)c(C(=O)N2CCO[C@@H](C(F)(F)F)C2)c1=O. The van der Waals surface area contributed by atoms with E-state index < -0.39 is 30.3 Å². The number of morpholine rings is 1. The monoisotopic (exact) mass is 332 g/mol. The van der Waals surface area contributed by atoms with Crippen molar-refractivity contribution in [2.75, 3.05) is 19.7 Å². The van der Waals surface area contributed by atoms with Gasteiger partial charge in [0.1, 0.15) is 5.56 Å². The van der Waals surface area contributed by atoms with Gasteiger partial charge in [-0.25, -0.2) is 0 Å². The Morgan fingerprint density at radius 2 is 2.04 bits per heavy atom. The molecule has 0 unspecified atom stereocenters. The van der Waals surface area contributed by atoms with E-state index in [1.54, 1.807) is 26.8 Å². The first-order chi connectivity index (χ1) is 10.7. The van der Waals surface area contributed by atoms with Gasteiger partial charge in [-0.3, -0.25) is 9.59 Å². The van der Waals surface area contributed by atoms with Crippen molar-refractivity contribution >= 4 is 5.91 Å². The lowest BCUT2D eigenvalue weighted by atomic mass is 10.1. The van der Waals surface area contributed by atoms with Crippen molar-refractivity contribution in [1.29, 1.82) is 0 Å². The van der Waals surface area contributed by atoms with Crippen molar-refractivity contribution in [1.82, 2.24) is 9.47 Å². The number of ether oxygens (including phenoxy) is 1. The third-order valence-electron chi connectivity index (χ3n) is 3.95. The molecule has 1 aliphatic rings. The van der Waals surface area contributed by atoms with Gasteiger partial charge in [-0.15, -0.1) is 0 Å². The Kier molecular flexibility index (Phi) is 4.84. The lowest BCUT2D eigenvalue weighted by Crippen LogP contribution is -2.52. The number of amides is 1. The summed E-state index contributed by atoms with van der Waals surface area (Å²) in [5.74, 6) is -0.674. The smallest absolute Gasteiger partial charge is 0.365 e. The molecular formula is C15H19F3N2O3. The van der Waals surface area contributed by atoms with E-state index in [-0.39, 0.29) is 18.7 Å². The Bertz CT molecular complexity index is 667. The van der Waals surface area contributed by atoms with Gasteiger partial charge >= 0.3 is 6.18 Å².